The number of nitrogens with zero attached hydrogens (tertiary/aromatic N) is 1. The van der Waals surface area contributed by atoms with Gasteiger partial charge < -0.3 is 0 Å². The predicted molar refractivity (Wildman–Crippen MR) is 54.2 cm³/mol. The zero-order valence-electron chi connectivity index (χ0n) is 9.05. The van der Waals surface area contributed by atoms with Crippen LogP contribution >= 0.6 is 0 Å². The predicted octanol–water partition coefficient (Wildman–Crippen LogP) is 1.53. The second kappa shape index (κ2) is 4.40. The first kappa shape index (κ1) is 11.0. The van der Waals surface area contributed by atoms with Crippen molar-refractivity contribution in [1.29, 1.82) is 0 Å². The van der Waals surface area contributed by atoms with Crippen LogP contribution in [0.15, 0.2) is 0 Å². The van der Waals surface area contributed by atoms with E-state index < -0.39 is 0 Å². The Morgan fingerprint density at radius 2 is 2.15 bits per heavy atom. The number of piperidine rings is 1. The van der Waals surface area contributed by atoms with Gasteiger partial charge in [0.1, 0.15) is 0 Å². The Labute approximate surface area is 81.2 Å². The van der Waals surface area contributed by atoms with E-state index in [1.807, 2.05) is 0 Å². The molecular weight excluding hydrogens is 164 g/mol. The Kier molecular flexibility index (Phi) is 3.71. The summed E-state index contributed by atoms with van der Waals surface area (Å²) in [6, 6.07) is 0.483. The third kappa shape index (κ3) is 2.42. The fraction of sp³-hybridized carbons (Fsp3) is 1.00. The molecule has 3 nitrogen and oxygen atoms in total. The van der Waals surface area contributed by atoms with Crippen molar-refractivity contribution in [2.45, 2.75) is 51.7 Å². The van der Waals surface area contributed by atoms with Crippen LogP contribution in [-0.4, -0.2) is 29.6 Å². The molecule has 1 unspecified atom stereocenters. The number of nitrogens with two attached hydrogens (primary N) is 1. The Hall–Kier alpha value is -0.120. The molecule has 1 heterocycles. The van der Waals surface area contributed by atoms with Crippen LogP contribution in [0.1, 0.15) is 40.0 Å². The SMILES string of the molecule is CCN1CCCCC1C(C)(C)ON. The van der Waals surface area contributed by atoms with Crippen molar-refractivity contribution in [3.63, 3.8) is 0 Å². The summed E-state index contributed by atoms with van der Waals surface area (Å²) in [4.78, 5) is 7.54. The fourth-order valence-corrected chi connectivity index (χ4v) is 2.24. The number of hydrogen-bond donors (Lipinski definition) is 1. The zero-order chi connectivity index (χ0) is 9.90. The van der Waals surface area contributed by atoms with E-state index >= 15 is 0 Å². The maximum Gasteiger partial charge on any atom is 0.0992 e. The molecule has 0 aromatic rings. The highest BCUT2D eigenvalue weighted by Gasteiger charge is 2.35. The Morgan fingerprint density at radius 1 is 1.46 bits per heavy atom. The molecule has 0 amide bonds. The van der Waals surface area contributed by atoms with E-state index in [9.17, 15) is 0 Å². The molecular formula is C10H22N2O. The summed E-state index contributed by atoms with van der Waals surface area (Å²) in [5.74, 6) is 5.33. The fourth-order valence-electron chi connectivity index (χ4n) is 2.24. The minimum Gasteiger partial charge on any atom is -0.298 e. The van der Waals surface area contributed by atoms with Crippen LogP contribution in [0, 0.1) is 0 Å². The number of rotatable bonds is 3. The van der Waals surface area contributed by atoms with E-state index in [1.54, 1.807) is 0 Å². The van der Waals surface area contributed by atoms with E-state index in [-0.39, 0.29) is 5.60 Å². The quantitative estimate of drug-likeness (QED) is 0.679. The third-order valence-electron chi connectivity index (χ3n) is 3.13. The minimum atomic E-state index is -0.212. The molecule has 0 saturated carbocycles. The van der Waals surface area contributed by atoms with Gasteiger partial charge in [0.25, 0.3) is 0 Å². The highest BCUT2D eigenvalue weighted by Crippen LogP contribution is 2.27. The van der Waals surface area contributed by atoms with E-state index in [0.29, 0.717) is 6.04 Å². The van der Waals surface area contributed by atoms with Crippen LogP contribution < -0.4 is 5.90 Å². The first-order chi connectivity index (χ1) is 6.11. The molecule has 1 fully saturated rings. The second-order valence-electron chi connectivity index (χ2n) is 4.36. The van der Waals surface area contributed by atoms with Gasteiger partial charge in [-0.2, -0.15) is 0 Å². The highest BCUT2D eigenvalue weighted by atomic mass is 16.6. The molecule has 0 bridgehead atoms. The molecule has 0 radical (unpaired) electrons. The van der Waals surface area contributed by atoms with E-state index in [2.05, 4.69) is 25.7 Å². The molecule has 2 N–H and O–H groups in total. The number of likely N-dealkylation sites (tertiary alicyclic amines) is 1. The summed E-state index contributed by atoms with van der Waals surface area (Å²) < 4.78 is 0. The van der Waals surface area contributed by atoms with Gasteiger partial charge in [-0.15, -0.1) is 0 Å². The smallest absolute Gasteiger partial charge is 0.0992 e. The van der Waals surface area contributed by atoms with E-state index in [1.165, 1.54) is 25.8 Å². The van der Waals surface area contributed by atoms with Gasteiger partial charge in [0.2, 0.25) is 0 Å². The number of likely N-dealkylation sites (N-methyl/N-ethyl adjacent to an activating group) is 1. The lowest BCUT2D eigenvalue weighted by molar-refractivity contribution is -0.0907. The molecule has 78 valence electrons. The molecule has 1 aliphatic heterocycles. The Morgan fingerprint density at radius 3 is 2.69 bits per heavy atom. The maximum atomic E-state index is 5.33. The Bertz CT molecular complexity index is 159. The average Bonchev–Trinajstić information content (AvgIpc) is 2.18. The third-order valence-corrected chi connectivity index (χ3v) is 3.13. The zero-order valence-corrected chi connectivity index (χ0v) is 9.05. The van der Waals surface area contributed by atoms with Crippen molar-refractivity contribution in [2.24, 2.45) is 5.90 Å². The molecule has 0 aliphatic carbocycles. The van der Waals surface area contributed by atoms with Crippen molar-refractivity contribution in [3.05, 3.63) is 0 Å². The summed E-state index contributed by atoms with van der Waals surface area (Å²) in [6.07, 6.45) is 3.82. The summed E-state index contributed by atoms with van der Waals surface area (Å²) in [5, 5.41) is 0. The highest BCUT2D eigenvalue weighted by molar-refractivity contribution is 4.89. The summed E-state index contributed by atoms with van der Waals surface area (Å²) in [5.41, 5.74) is -0.212. The lowest BCUT2D eigenvalue weighted by Crippen LogP contribution is -2.54. The Balaban J connectivity index is 2.63. The lowest BCUT2D eigenvalue weighted by Gasteiger charge is -2.43. The molecule has 3 heteroatoms. The van der Waals surface area contributed by atoms with Gasteiger partial charge in [-0.05, 0) is 39.8 Å². The first-order valence-electron chi connectivity index (χ1n) is 5.23. The van der Waals surface area contributed by atoms with Gasteiger partial charge in [-0.1, -0.05) is 13.3 Å². The molecule has 0 spiro atoms. The average molecular weight is 186 g/mol. The first-order valence-corrected chi connectivity index (χ1v) is 5.23. The van der Waals surface area contributed by atoms with Gasteiger partial charge in [-0.3, -0.25) is 9.74 Å². The van der Waals surface area contributed by atoms with Crippen molar-refractivity contribution < 1.29 is 4.84 Å². The van der Waals surface area contributed by atoms with Crippen LogP contribution in [0.25, 0.3) is 0 Å². The van der Waals surface area contributed by atoms with E-state index in [4.69, 9.17) is 10.7 Å². The van der Waals surface area contributed by atoms with Crippen molar-refractivity contribution >= 4 is 0 Å². The van der Waals surface area contributed by atoms with E-state index in [0.717, 1.165) is 6.54 Å². The summed E-state index contributed by atoms with van der Waals surface area (Å²) in [7, 11) is 0. The van der Waals surface area contributed by atoms with Gasteiger partial charge in [-0.25, -0.2) is 5.90 Å². The van der Waals surface area contributed by atoms with Crippen molar-refractivity contribution in [2.75, 3.05) is 13.1 Å². The second-order valence-corrected chi connectivity index (χ2v) is 4.36. The molecule has 13 heavy (non-hydrogen) atoms. The van der Waals surface area contributed by atoms with Crippen molar-refractivity contribution in [3.8, 4) is 0 Å². The number of hydrogen-bond acceptors (Lipinski definition) is 3. The molecule has 1 aliphatic rings. The van der Waals surface area contributed by atoms with Crippen LogP contribution in [0.2, 0.25) is 0 Å². The summed E-state index contributed by atoms with van der Waals surface area (Å²) in [6.45, 7) is 8.63. The molecule has 0 aromatic carbocycles. The molecule has 0 aromatic heterocycles. The van der Waals surface area contributed by atoms with Crippen LogP contribution in [0.5, 0.6) is 0 Å². The van der Waals surface area contributed by atoms with Crippen molar-refractivity contribution in [1.82, 2.24) is 4.90 Å². The minimum absolute atomic E-state index is 0.212. The maximum absolute atomic E-state index is 5.33. The van der Waals surface area contributed by atoms with Gasteiger partial charge >= 0.3 is 0 Å². The van der Waals surface area contributed by atoms with Crippen LogP contribution in [-0.2, 0) is 4.84 Å². The normalized spacial score (nSPS) is 26.3. The van der Waals surface area contributed by atoms with Gasteiger partial charge in [0, 0.05) is 6.04 Å². The topological polar surface area (TPSA) is 38.5 Å². The molecule has 1 rings (SSSR count). The van der Waals surface area contributed by atoms with Gasteiger partial charge in [0.15, 0.2) is 0 Å². The monoisotopic (exact) mass is 186 g/mol. The summed E-state index contributed by atoms with van der Waals surface area (Å²) >= 11 is 0. The largest absolute Gasteiger partial charge is 0.298 e. The van der Waals surface area contributed by atoms with Crippen LogP contribution in [0.3, 0.4) is 0 Å². The standard InChI is InChI=1S/C10H22N2O/c1-4-12-8-6-5-7-9(12)10(2,3)13-11/h9H,4-8,11H2,1-3H3. The molecule has 1 atom stereocenters. The lowest BCUT2D eigenvalue weighted by atomic mass is 9.89. The molecule has 1 saturated heterocycles. The van der Waals surface area contributed by atoms with Gasteiger partial charge in [0.05, 0.1) is 5.60 Å². The van der Waals surface area contributed by atoms with Crippen LogP contribution in [0.4, 0.5) is 0 Å².